The second-order valence-electron chi connectivity index (χ2n) is 7.23. The van der Waals surface area contributed by atoms with Gasteiger partial charge in [0.05, 0.1) is 0 Å². The van der Waals surface area contributed by atoms with Crippen LogP contribution in [0.1, 0.15) is 30.9 Å². The predicted molar refractivity (Wildman–Crippen MR) is 125 cm³/mol. The van der Waals surface area contributed by atoms with Crippen molar-refractivity contribution >= 4 is 46.2 Å². The number of piperazine rings is 1. The molecule has 3 rings (SSSR count). The molecule has 1 aliphatic heterocycles. The lowest BCUT2D eigenvalue weighted by atomic mass is 10.1. The van der Waals surface area contributed by atoms with Crippen molar-refractivity contribution in [3.05, 3.63) is 63.6 Å². The quantitative estimate of drug-likeness (QED) is 0.573. The van der Waals surface area contributed by atoms with Gasteiger partial charge in [-0.3, -0.25) is 4.90 Å². The number of anilines is 1. The predicted octanol–water partition coefficient (Wildman–Crippen LogP) is 5.85. The molecule has 1 heterocycles. The largest absolute Gasteiger partial charge is 0.346 e. The Labute approximate surface area is 183 Å². The number of nitrogens with zero attached hydrogens (tertiary/aromatic N) is 2. The number of benzene rings is 2. The minimum Gasteiger partial charge on any atom is -0.346 e. The van der Waals surface area contributed by atoms with Crippen molar-refractivity contribution < 1.29 is 0 Å². The van der Waals surface area contributed by atoms with Gasteiger partial charge in [-0.25, -0.2) is 0 Å². The van der Waals surface area contributed by atoms with E-state index < -0.39 is 0 Å². The van der Waals surface area contributed by atoms with Crippen LogP contribution in [0.25, 0.3) is 0 Å². The molecule has 0 radical (unpaired) electrons. The second kappa shape index (κ2) is 10.4. The number of aryl methyl sites for hydroxylation is 1. The summed E-state index contributed by atoms with van der Waals surface area (Å²) in [5.74, 6) is 0. The van der Waals surface area contributed by atoms with Crippen LogP contribution in [-0.4, -0.2) is 41.1 Å². The Hall–Kier alpha value is -1.33. The minimum absolute atomic E-state index is 0.674. The normalized spacial score (nSPS) is 14.9. The zero-order valence-electron chi connectivity index (χ0n) is 16.3. The lowest BCUT2D eigenvalue weighted by Crippen LogP contribution is -2.49. The first-order valence-corrected chi connectivity index (χ1v) is 11.0. The van der Waals surface area contributed by atoms with Gasteiger partial charge in [0.2, 0.25) is 0 Å². The third kappa shape index (κ3) is 6.08. The Morgan fingerprint density at radius 2 is 1.75 bits per heavy atom. The molecule has 1 saturated heterocycles. The van der Waals surface area contributed by atoms with Crippen molar-refractivity contribution in [1.29, 1.82) is 0 Å². The molecule has 1 aliphatic rings. The fourth-order valence-corrected chi connectivity index (χ4v) is 4.11. The van der Waals surface area contributed by atoms with Gasteiger partial charge in [-0.05, 0) is 60.5 Å². The summed E-state index contributed by atoms with van der Waals surface area (Å²) in [4.78, 5) is 4.64. The van der Waals surface area contributed by atoms with Crippen molar-refractivity contribution in [3.8, 4) is 0 Å². The fourth-order valence-electron chi connectivity index (χ4n) is 3.34. The molecule has 0 aromatic heterocycles. The summed E-state index contributed by atoms with van der Waals surface area (Å²) in [5, 5.41) is 5.58. The fraction of sp³-hybridized carbons (Fsp3) is 0.409. The number of halogens is 2. The van der Waals surface area contributed by atoms with Gasteiger partial charge in [0, 0.05) is 48.5 Å². The summed E-state index contributed by atoms with van der Waals surface area (Å²) in [7, 11) is 0. The number of unbranched alkanes of at least 4 members (excludes halogenated alkanes) is 1. The highest BCUT2D eigenvalue weighted by atomic mass is 35.5. The van der Waals surface area contributed by atoms with Gasteiger partial charge < -0.3 is 10.2 Å². The van der Waals surface area contributed by atoms with Crippen LogP contribution in [0.4, 0.5) is 5.69 Å². The average molecular weight is 436 g/mol. The second-order valence-corrected chi connectivity index (χ2v) is 8.46. The number of hydrogen-bond donors (Lipinski definition) is 1. The highest BCUT2D eigenvalue weighted by molar-refractivity contribution is 7.80. The lowest BCUT2D eigenvalue weighted by Gasteiger charge is -2.36. The van der Waals surface area contributed by atoms with E-state index in [0.29, 0.717) is 5.02 Å². The molecule has 1 fully saturated rings. The zero-order valence-corrected chi connectivity index (χ0v) is 18.6. The van der Waals surface area contributed by atoms with Crippen molar-refractivity contribution in [1.82, 2.24) is 9.80 Å². The highest BCUT2D eigenvalue weighted by Crippen LogP contribution is 2.23. The summed E-state index contributed by atoms with van der Waals surface area (Å²) in [6.07, 6.45) is 3.60. The molecular formula is C22H27Cl2N3S. The molecule has 28 heavy (non-hydrogen) atoms. The molecule has 0 spiro atoms. The third-order valence-electron chi connectivity index (χ3n) is 5.09. The van der Waals surface area contributed by atoms with Gasteiger partial charge in [-0.1, -0.05) is 54.7 Å². The average Bonchev–Trinajstić information content (AvgIpc) is 2.70. The number of hydrogen-bond acceptors (Lipinski definition) is 2. The van der Waals surface area contributed by atoms with E-state index in [2.05, 4.69) is 46.3 Å². The summed E-state index contributed by atoms with van der Waals surface area (Å²) >= 11 is 17.9. The number of rotatable bonds is 6. The van der Waals surface area contributed by atoms with E-state index >= 15 is 0 Å². The SMILES string of the molecule is CCCCc1ccc(NC(=S)N2CCN(Cc3ccc(Cl)cc3Cl)CC2)cc1. The van der Waals surface area contributed by atoms with Crippen LogP contribution < -0.4 is 5.32 Å². The summed E-state index contributed by atoms with van der Waals surface area (Å²) in [5.41, 5.74) is 3.55. The number of nitrogens with one attached hydrogen (secondary N) is 1. The van der Waals surface area contributed by atoms with Gasteiger partial charge >= 0.3 is 0 Å². The topological polar surface area (TPSA) is 18.5 Å². The first-order valence-electron chi connectivity index (χ1n) is 9.86. The highest BCUT2D eigenvalue weighted by Gasteiger charge is 2.19. The maximum Gasteiger partial charge on any atom is 0.173 e. The monoisotopic (exact) mass is 435 g/mol. The van der Waals surface area contributed by atoms with Crippen LogP contribution in [-0.2, 0) is 13.0 Å². The van der Waals surface area contributed by atoms with Crippen LogP contribution in [0.15, 0.2) is 42.5 Å². The molecule has 0 amide bonds. The van der Waals surface area contributed by atoms with E-state index in [0.717, 1.165) is 60.5 Å². The van der Waals surface area contributed by atoms with E-state index in [1.54, 1.807) is 6.07 Å². The molecule has 3 nitrogen and oxygen atoms in total. The van der Waals surface area contributed by atoms with Crippen molar-refractivity contribution in [2.75, 3.05) is 31.5 Å². The van der Waals surface area contributed by atoms with Crippen LogP contribution >= 0.6 is 35.4 Å². The molecule has 0 saturated carbocycles. The summed E-state index contributed by atoms with van der Waals surface area (Å²) in [6, 6.07) is 14.3. The van der Waals surface area contributed by atoms with E-state index in [-0.39, 0.29) is 0 Å². The Balaban J connectivity index is 1.47. The molecule has 150 valence electrons. The smallest absolute Gasteiger partial charge is 0.173 e. The number of thiocarbonyl (C=S) groups is 1. The molecule has 0 atom stereocenters. The van der Waals surface area contributed by atoms with E-state index in [1.165, 1.54) is 18.4 Å². The van der Waals surface area contributed by atoms with E-state index in [9.17, 15) is 0 Å². The van der Waals surface area contributed by atoms with Gasteiger partial charge in [-0.2, -0.15) is 0 Å². The summed E-state index contributed by atoms with van der Waals surface area (Å²) < 4.78 is 0. The van der Waals surface area contributed by atoms with Gasteiger partial charge in [-0.15, -0.1) is 0 Å². The van der Waals surface area contributed by atoms with Crippen molar-refractivity contribution in [2.45, 2.75) is 32.7 Å². The Morgan fingerprint density at radius 1 is 1.04 bits per heavy atom. The van der Waals surface area contributed by atoms with E-state index in [1.807, 2.05) is 12.1 Å². The Bertz CT molecular complexity index is 787. The van der Waals surface area contributed by atoms with Crippen LogP contribution in [0, 0.1) is 0 Å². The standard InChI is InChI=1S/C22H27Cl2N3S/c1-2-3-4-17-5-9-20(10-6-17)25-22(28)27-13-11-26(12-14-27)16-18-7-8-19(23)15-21(18)24/h5-10,15H,2-4,11-14,16H2,1H3,(H,25,28). The molecule has 0 bridgehead atoms. The van der Waals surface area contributed by atoms with Crippen LogP contribution in [0.5, 0.6) is 0 Å². The Morgan fingerprint density at radius 3 is 2.39 bits per heavy atom. The molecule has 6 heteroatoms. The molecule has 2 aromatic carbocycles. The van der Waals surface area contributed by atoms with E-state index in [4.69, 9.17) is 35.4 Å². The summed E-state index contributed by atoms with van der Waals surface area (Å²) in [6.45, 7) is 6.78. The Kier molecular flexibility index (Phi) is 7.98. The maximum absolute atomic E-state index is 6.30. The molecule has 0 unspecified atom stereocenters. The van der Waals surface area contributed by atoms with Gasteiger partial charge in [0.25, 0.3) is 0 Å². The molecule has 2 aromatic rings. The van der Waals surface area contributed by atoms with Crippen LogP contribution in [0.3, 0.4) is 0 Å². The molecule has 0 aliphatic carbocycles. The van der Waals surface area contributed by atoms with Crippen LogP contribution in [0.2, 0.25) is 10.0 Å². The molecular weight excluding hydrogens is 409 g/mol. The van der Waals surface area contributed by atoms with Crippen molar-refractivity contribution in [3.63, 3.8) is 0 Å². The first kappa shape index (κ1) is 21.4. The maximum atomic E-state index is 6.30. The molecule has 1 N–H and O–H groups in total. The lowest BCUT2D eigenvalue weighted by molar-refractivity contribution is 0.177. The zero-order chi connectivity index (χ0) is 19.9. The van der Waals surface area contributed by atoms with Gasteiger partial charge in [0.15, 0.2) is 5.11 Å². The minimum atomic E-state index is 0.674. The first-order chi connectivity index (χ1) is 13.5. The van der Waals surface area contributed by atoms with Crippen molar-refractivity contribution in [2.24, 2.45) is 0 Å². The third-order valence-corrected chi connectivity index (χ3v) is 6.04. The van der Waals surface area contributed by atoms with Gasteiger partial charge in [0.1, 0.15) is 0 Å².